The van der Waals surface area contributed by atoms with Gasteiger partial charge in [-0.2, -0.15) is 0 Å². The van der Waals surface area contributed by atoms with Crippen LogP contribution in [0.15, 0.2) is 24.3 Å². The Kier molecular flexibility index (Phi) is 4.42. The van der Waals surface area contributed by atoms with Crippen molar-refractivity contribution < 1.29 is 19.4 Å². The van der Waals surface area contributed by atoms with Crippen molar-refractivity contribution in [3.05, 3.63) is 29.8 Å². The van der Waals surface area contributed by atoms with Gasteiger partial charge in [-0.05, 0) is 43.9 Å². The van der Waals surface area contributed by atoms with Gasteiger partial charge in [-0.3, -0.25) is 9.59 Å². The molecule has 20 heavy (non-hydrogen) atoms. The highest BCUT2D eigenvalue weighted by atomic mass is 16.5. The van der Waals surface area contributed by atoms with Crippen LogP contribution in [0.3, 0.4) is 0 Å². The van der Waals surface area contributed by atoms with Crippen LogP contribution in [0.4, 0.5) is 0 Å². The van der Waals surface area contributed by atoms with Crippen molar-refractivity contribution in [2.45, 2.75) is 39.0 Å². The van der Waals surface area contributed by atoms with Crippen LogP contribution in [0.1, 0.15) is 38.2 Å². The van der Waals surface area contributed by atoms with Crippen LogP contribution in [0.2, 0.25) is 0 Å². The zero-order valence-corrected chi connectivity index (χ0v) is 11.7. The predicted molar refractivity (Wildman–Crippen MR) is 74.4 cm³/mol. The minimum absolute atomic E-state index is 0.0183. The van der Waals surface area contributed by atoms with E-state index in [-0.39, 0.29) is 18.1 Å². The number of Topliss-reactive ketones (excluding diaryl/α,β-unsaturated/α-hetero) is 1. The van der Waals surface area contributed by atoms with Crippen LogP contribution in [0, 0.1) is 5.41 Å². The molecule has 1 aromatic carbocycles. The number of hydrogen-bond donors (Lipinski definition) is 1. The lowest BCUT2D eigenvalue weighted by molar-refractivity contribution is -0.162. The van der Waals surface area contributed by atoms with Crippen molar-refractivity contribution in [2.24, 2.45) is 5.41 Å². The third kappa shape index (κ3) is 2.84. The van der Waals surface area contributed by atoms with Crippen molar-refractivity contribution >= 4 is 11.8 Å². The molecule has 0 bridgehead atoms. The number of ether oxygens (including phenoxy) is 1. The van der Waals surface area contributed by atoms with Crippen LogP contribution in [0.5, 0.6) is 5.75 Å². The highest BCUT2D eigenvalue weighted by Crippen LogP contribution is 2.38. The number of benzene rings is 1. The molecule has 1 aliphatic carbocycles. The molecule has 0 heterocycles. The van der Waals surface area contributed by atoms with Gasteiger partial charge >= 0.3 is 5.97 Å². The summed E-state index contributed by atoms with van der Waals surface area (Å²) in [6, 6.07) is 6.64. The van der Waals surface area contributed by atoms with Gasteiger partial charge in [0.25, 0.3) is 0 Å². The standard InChI is InChI=1S/C16H20O4/c1-2-20-15(19)16(10-4-3-5-14(16)18)11-12-6-8-13(17)9-7-12/h6-9,17H,2-5,10-11H2,1H3. The third-order valence-electron chi connectivity index (χ3n) is 3.90. The maximum Gasteiger partial charge on any atom is 0.319 e. The van der Waals surface area contributed by atoms with Gasteiger partial charge in [0.15, 0.2) is 5.78 Å². The van der Waals surface area contributed by atoms with E-state index in [2.05, 4.69) is 0 Å². The summed E-state index contributed by atoms with van der Waals surface area (Å²) in [4.78, 5) is 24.7. The normalized spacial score (nSPS) is 22.6. The van der Waals surface area contributed by atoms with Gasteiger partial charge in [-0.25, -0.2) is 0 Å². The molecular formula is C16H20O4. The van der Waals surface area contributed by atoms with Gasteiger partial charge < -0.3 is 9.84 Å². The lowest BCUT2D eigenvalue weighted by atomic mass is 9.69. The number of aromatic hydroxyl groups is 1. The van der Waals surface area contributed by atoms with Gasteiger partial charge in [0.05, 0.1) is 6.61 Å². The van der Waals surface area contributed by atoms with Crippen LogP contribution < -0.4 is 0 Å². The molecule has 0 aromatic heterocycles. The van der Waals surface area contributed by atoms with Crippen molar-refractivity contribution in [2.75, 3.05) is 6.61 Å². The monoisotopic (exact) mass is 276 g/mol. The topological polar surface area (TPSA) is 63.6 Å². The number of hydrogen-bond acceptors (Lipinski definition) is 4. The quantitative estimate of drug-likeness (QED) is 0.678. The Morgan fingerprint density at radius 3 is 2.60 bits per heavy atom. The van der Waals surface area contributed by atoms with Crippen LogP contribution in [-0.2, 0) is 20.7 Å². The van der Waals surface area contributed by atoms with E-state index in [4.69, 9.17) is 4.74 Å². The minimum atomic E-state index is -1.04. The lowest BCUT2D eigenvalue weighted by Crippen LogP contribution is -2.44. The van der Waals surface area contributed by atoms with Crippen LogP contribution >= 0.6 is 0 Å². The summed E-state index contributed by atoms with van der Waals surface area (Å²) in [5.74, 6) is -0.248. The van der Waals surface area contributed by atoms with Gasteiger partial charge in [0.2, 0.25) is 0 Å². The molecule has 2 rings (SSSR count). The molecular weight excluding hydrogens is 256 g/mol. The molecule has 0 spiro atoms. The van der Waals surface area contributed by atoms with E-state index in [1.54, 1.807) is 31.2 Å². The zero-order valence-electron chi connectivity index (χ0n) is 11.7. The Labute approximate surface area is 118 Å². The average Bonchev–Trinajstić information content (AvgIpc) is 2.44. The van der Waals surface area contributed by atoms with Crippen molar-refractivity contribution in [1.82, 2.24) is 0 Å². The predicted octanol–water partition coefficient (Wildman–Crippen LogP) is 2.63. The Bertz CT molecular complexity index is 492. The maximum absolute atomic E-state index is 12.4. The Morgan fingerprint density at radius 1 is 1.30 bits per heavy atom. The number of rotatable bonds is 4. The summed E-state index contributed by atoms with van der Waals surface area (Å²) in [7, 11) is 0. The van der Waals surface area contributed by atoms with E-state index in [0.717, 1.165) is 18.4 Å². The van der Waals surface area contributed by atoms with E-state index < -0.39 is 11.4 Å². The second kappa shape index (κ2) is 6.07. The summed E-state index contributed by atoms with van der Waals surface area (Å²) in [6.45, 7) is 2.03. The largest absolute Gasteiger partial charge is 0.508 e. The number of carbonyl (C=O) groups excluding carboxylic acids is 2. The Hall–Kier alpha value is -1.84. The van der Waals surface area contributed by atoms with E-state index >= 15 is 0 Å². The lowest BCUT2D eigenvalue weighted by Gasteiger charge is -2.33. The first-order chi connectivity index (χ1) is 9.58. The molecule has 0 saturated heterocycles. The fourth-order valence-corrected chi connectivity index (χ4v) is 2.80. The average molecular weight is 276 g/mol. The molecule has 1 aliphatic rings. The molecule has 4 nitrogen and oxygen atoms in total. The number of phenols is 1. The van der Waals surface area contributed by atoms with Crippen molar-refractivity contribution in [1.29, 1.82) is 0 Å². The first-order valence-corrected chi connectivity index (χ1v) is 7.07. The first-order valence-electron chi connectivity index (χ1n) is 7.07. The highest BCUT2D eigenvalue weighted by molar-refractivity contribution is 6.04. The molecule has 1 unspecified atom stereocenters. The van der Waals surface area contributed by atoms with Gasteiger partial charge in [-0.15, -0.1) is 0 Å². The molecule has 0 aliphatic heterocycles. The van der Waals surface area contributed by atoms with E-state index in [1.807, 2.05) is 0 Å². The second-order valence-electron chi connectivity index (χ2n) is 5.28. The SMILES string of the molecule is CCOC(=O)C1(Cc2ccc(O)cc2)CCCCC1=O. The number of esters is 1. The van der Waals surface area contributed by atoms with E-state index in [9.17, 15) is 14.7 Å². The fraction of sp³-hybridized carbons (Fsp3) is 0.500. The summed E-state index contributed by atoms with van der Waals surface area (Å²) in [6.07, 6.45) is 3.05. The minimum Gasteiger partial charge on any atom is -0.508 e. The second-order valence-corrected chi connectivity index (χ2v) is 5.28. The molecule has 108 valence electrons. The molecule has 1 N–H and O–H groups in total. The number of ketones is 1. The number of carbonyl (C=O) groups is 2. The molecule has 1 aromatic rings. The van der Waals surface area contributed by atoms with Crippen LogP contribution in [-0.4, -0.2) is 23.5 Å². The third-order valence-corrected chi connectivity index (χ3v) is 3.90. The Morgan fingerprint density at radius 2 is 2.00 bits per heavy atom. The Balaban J connectivity index is 2.28. The van der Waals surface area contributed by atoms with Gasteiger partial charge in [-0.1, -0.05) is 18.6 Å². The summed E-state index contributed by atoms with van der Waals surface area (Å²) >= 11 is 0. The van der Waals surface area contributed by atoms with Crippen LogP contribution in [0.25, 0.3) is 0 Å². The zero-order chi connectivity index (χ0) is 14.6. The smallest absolute Gasteiger partial charge is 0.319 e. The summed E-state index contributed by atoms with van der Waals surface area (Å²) in [5.41, 5.74) is -0.170. The summed E-state index contributed by atoms with van der Waals surface area (Å²) < 4.78 is 5.14. The molecule has 0 radical (unpaired) electrons. The molecule has 0 amide bonds. The molecule has 1 fully saturated rings. The fourth-order valence-electron chi connectivity index (χ4n) is 2.80. The number of phenolic OH excluding ortho intramolecular Hbond substituents is 1. The summed E-state index contributed by atoms with van der Waals surface area (Å²) in [5, 5.41) is 9.31. The van der Waals surface area contributed by atoms with Crippen molar-refractivity contribution in [3.63, 3.8) is 0 Å². The molecule has 4 heteroatoms. The highest BCUT2D eigenvalue weighted by Gasteiger charge is 2.47. The first kappa shape index (κ1) is 14.6. The van der Waals surface area contributed by atoms with Gasteiger partial charge in [0, 0.05) is 6.42 Å². The van der Waals surface area contributed by atoms with Gasteiger partial charge in [0.1, 0.15) is 11.2 Å². The maximum atomic E-state index is 12.4. The van der Waals surface area contributed by atoms with E-state index in [0.29, 0.717) is 19.3 Å². The van der Waals surface area contributed by atoms with E-state index in [1.165, 1.54) is 0 Å². The molecule has 1 atom stereocenters. The molecule has 1 saturated carbocycles. The van der Waals surface area contributed by atoms with Crippen molar-refractivity contribution in [3.8, 4) is 5.75 Å².